The first-order valence-corrected chi connectivity index (χ1v) is 6.22. The Labute approximate surface area is 114 Å². The van der Waals surface area contributed by atoms with E-state index in [2.05, 4.69) is 15.5 Å². The standard InChI is InChI=1S/C13H9N5S/c1-9-16-8-13(19-9)11-4-2-3-5-12(11)18-17-10(6-14)7-15/h2-5,8,18H,1H3. The van der Waals surface area contributed by atoms with E-state index in [-0.39, 0.29) is 5.71 Å². The van der Waals surface area contributed by atoms with Gasteiger partial charge in [0.15, 0.2) is 0 Å². The lowest BCUT2D eigenvalue weighted by Crippen LogP contribution is -1.97. The molecule has 19 heavy (non-hydrogen) atoms. The molecule has 0 spiro atoms. The summed E-state index contributed by atoms with van der Waals surface area (Å²) in [6.07, 6.45) is 1.79. The predicted octanol–water partition coefficient (Wildman–Crippen LogP) is 2.93. The fraction of sp³-hybridized carbons (Fsp3) is 0.0769. The first-order chi connectivity index (χ1) is 9.24. The summed E-state index contributed by atoms with van der Waals surface area (Å²) in [6, 6.07) is 10.9. The third-order valence-corrected chi connectivity index (χ3v) is 3.26. The molecule has 1 aromatic carbocycles. The fourth-order valence-electron chi connectivity index (χ4n) is 1.47. The van der Waals surface area contributed by atoms with Crippen LogP contribution in [0.3, 0.4) is 0 Å². The Morgan fingerprint density at radius 3 is 2.68 bits per heavy atom. The van der Waals surface area contributed by atoms with Crippen molar-refractivity contribution in [2.24, 2.45) is 5.10 Å². The molecule has 92 valence electrons. The maximum atomic E-state index is 8.64. The number of thiazole rings is 1. The van der Waals surface area contributed by atoms with Gasteiger partial charge in [-0.3, -0.25) is 5.43 Å². The smallest absolute Gasteiger partial charge is 0.237 e. The summed E-state index contributed by atoms with van der Waals surface area (Å²) in [4.78, 5) is 5.22. The van der Waals surface area contributed by atoms with E-state index in [0.717, 1.165) is 21.1 Å². The van der Waals surface area contributed by atoms with Crippen LogP contribution in [0.15, 0.2) is 35.6 Å². The van der Waals surface area contributed by atoms with Gasteiger partial charge in [-0.2, -0.15) is 15.6 Å². The molecule has 6 heteroatoms. The molecule has 0 saturated carbocycles. The largest absolute Gasteiger partial charge is 0.276 e. The molecule has 0 aliphatic rings. The molecule has 1 heterocycles. The molecule has 2 rings (SSSR count). The minimum absolute atomic E-state index is 0.213. The van der Waals surface area contributed by atoms with Gasteiger partial charge in [0, 0.05) is 11.8 Å². The number of rotatable bonds is 3. The second-order valence-electron chi connectivity index (χ2n) is 3.58. The quantitative estimate of drug-likeness (QED) is 0.684. The van der Waals surface area contributed by atoms with Gasteiger partial charge in [-0.05, 0) is 13.0 Å². The minimum atomic E-state index is -0.213. The molecular formula is C13H9N5S. The molecule has 0 aliphatic heterocycles. The number of nitriles is 2. The average Bonchev–Trinajstić information content (AvgIpc) is 2.87. The number of hydrogen-bond acceptors (Lipinski definition) is 6. The van der Waals surface area contributed by atoms with Crippen molar-refractivity contribution in [2.45, 2.75) is 6.92 Å². The lowest BCUT2D eigenvalue weighted by Gasteiger charge is -2.05. The highest BCUT2D eigenvalue weighted by atomic mass is 32.1. The van der Waals surface area contributed by atoms with Gasteiger partial charge in [0.1, 0.15) is 12.1 Å². The average molecular weight is 267 g/mol. The summed E-state index contributed by atoms with van der Waals surface area (Å²) in [7, 11) is 0. The van der Waals surface area contributed by atoms with Crippen LogP contribution in [0.1, 0.15) is 5.01 Å². The molecule has 0 atom stereocenters. The number of benzene rings is 1. The van der Waals surface area contributed by atoms with Crippen molar-refractivity contribution in [3.05, 3.63) is 35.5 Å². The van der Waals surface area contributed by atoms with Gasteiger partial charge in [-0.15, -0.1) is 11.3 Å². The molecule has 0 unspecified atom stereocenters. The molecular weight excluding hydrogens is 258 g/mol. The Bertz CT molecular complexity index is 686. The maximum Gasteiger partial charge on any atom is 0.237 e. The number of para-hydroxylation sites is 1. The summed E-state index contributed by atoms with van der Waals surface area (Å²) < 4.78 is 0. The maximum absolute atomic E-state index is 8.64. The molecule has 1 N–H and O–H groups in total. The topological polar surface area (TPSA) is 84.9 Å². The zero-order valence-electron chi connectivity index (χ0n) is 10.1. The third kappa shape index (κ3) is 2.95. The number of anilines is 1. The van der Waals surface area contributed by atoms with E-state index < -0.39 is 0 Å². The van der Waals surface area contributed by atoms with Crippen LogP contribution in [0.2, 0.25) is 0 Å². The number of hydrogen-bond donors (Lipinski definition) is 1. The van der Waals surface area contributed by atoms with Crippen LogP contribution in [0.25, 0.3) is 10.4 Å². The summed E-state index contributed by atoms with van der Waals surface area (Å²) >= 11 is 1.57. The van der Waals surface area contributed by atoms with Crippen molar-refractivity contribution in [1.82, 2.24) is 4.98 Å². The van der Waals surface area contributed by atoms with E-state index >= 15 is 0 Å². The third-order valence-electron chi connectivity index (χ3n) is 2.31. The van der Waals surface area contributed by atoms with E-state index in [0.29, 0.717) is 0 Å². The van der Waals surface area contributed by atoms with Crippen molar-refractivity contribution >= 4 is 22.7 Å². The first kappa shape index (κ1) is 12.7. The van der Waals surface area contributed by atoms with Gasteiger partial charge in [-0.1, -0.05) is 18.2 Å². The molecule has 0 aliphatic carbocycles. The Balaban J connectivity index is 2.36. The van der Waals surface area contributed by atoms with E-state index in [9.17, 15) is 0 Å². The van der Waals surface area contributed by atoms with Crippen LogP contribution in [-0.4, -0.2) is 10.7 Å². The molecule has 1 aromatic heterocycles. The normalized spacial score (nSPS) is 9.21. The Kier molecular flexibility index (Phi) is 3.87. The van der Waals surface area contributed by atoms with Crippen molar-refractivity contribution in [3.8, 4) is 22.6 Å². The van der Waals surface area contributed by atoms with Crippen LogP contribution in [-0.2, 0) is 0 Å². The van der Waals surface area contributed by atoms with Crippen LogP contribution < -0.4 is 5.43 Å². The number of hydrazone groups is 1. The lowest BCUT2D eigenvalue weighted by molar-refractivity contribution is 1.30. The molecule has 0 bridgehead atoms. The molecule has 5 nitrogen and oxygen atoms in total. The molecule has 0 fully saturated rings. The Hall–Kier alpha value is -2.70. The number of nitrogens with zero attached hydrogens (tertiary/aromatic N) is 4. The summed E-state index contributed by atoms with van der Waals surface area (Å²) in [5.41, 5.74) is 4.20. The van der Waals surface area contributed by atoms with Gasteiger partial charge in [0.05, 0.1) is 15.6 Å². The Morgan fingerprint density at radius 1 is 1.32 bits per heavy atom. The van der Waals surface area contributed by atoms with Gasteiger partial charge in [0.2, 0.25) is 5.71 Å². The van der Waals surface area contributed by atoms with E-state index in [1.165, 1.54) is 0 Å². The number of nitrogens with one attached hydrogen (secondary N) is 1. The van der Waals surface area contributed by atoms with Crippen LogP contribution in [0, 0.1) is 29.6 Å². The highest BCUT2D eigenvalue weighted by Gasteiger charge is 2.07. The zero-order chi connectivity index (χ0) is 13.7. The number of aromatic nitrogens is 1. The van der Waals surface area contributed by atoms with Crippen molar-refractivity contribution in [2.75, 3.05) is 5.43 Å². The predicted molar refractivity (Wildman–Crippen MR) is 74.6 cm³/mol. The van der Waals surface area contributed by atoms with Gasteiger partial charge in [-0.25, -0.2) is 4.98 Å². The highest BCUT2D eigenvalue weighted by molar-refractivity contribution is 7.15. The van der Waals surface area contributed by atoms with Crippen LogP contribution >= 0.6 is 11.3 Å². The van der Waals surface area contributed by atoms with E-state index in [1.807, 2.05) is 31.2 Å². The zero-order valence-corrected chi connectivity index (χ0v) is 10.9. The monoisotopic (exact) mass is 267 g/mol. The first-order valence-electron chi connectivity index (χ1n) is 5.40. The molecule has 0 saturated heterocycles. The van der Waals surface area contributed by atoms with Crippen molar-refractivity contribution in [3.63, 3.8) is 0 Å². The number of aryl methyl sites for hydroxylation is 1. The molecule has 2 aromatic rings. The van der Waals surface area contributed by atoms with Gasteiger partial charge < -0.3 is 0 Å². The highest BCUT2D eigenvalue weighted by Crippen LogP contribution is 2.31. The van der Waals surface area contributed by atoms with Gasteiger partial charge in [0.25, 0.3) is 0 Å². The summed E-state index contributed by atoms with van der Waals surface area (Å²) in [5.74, 6) is 0. The Morgan fingerprint density at radius 2 is 2.05 bits per heavy atom. The molecule has 0 radical (unpaired) electrons. The minimum Gasteiger partial charge on any atom is -0.276 e. The van der Waals surface area contributed by atoms with E-state index in [4.69, 9.17) is 10.5 Å². The van der Waals surface area contributed by atoms with Crippen molar-refractivity contribution in [1.29, 1.82) is 10.5 Å². The fourth-order valence-corrected chi connectivity index (χ4v) is 2.29. The molecule has 0 amide bonds. The lowest BCUT2D eigenvalue weighted by atomic mass is 10.1. The second kappa shape index (κ2) is 5.76. The second-order valence-corrected chi connectivity index (χ2v) is 4.82. The summed E-state index contributed by atoms with van der Waals surface area (Å²) in [6.45, 7) is 1.94. The van der Waals surface area contributed by atoms with E-state index in [1.54, 1.807) is 29.7 Å². The van der Waals surface area contributed by atoms with Crippen LogP contribution in [0.5, 0.6) is 0 Å². The SMILES string of the molecule is Cc1ncc(-c2ccccc2NN=C(C#N)C#N)s1. The summed E-state index contributed by atoms with van der Waals surface area (Å²) in [5, 5.41) is 22.0. The van der Waals surface area contributed by atoms with Crippen molar-refractivity contribution < 1.29 is 0 Å². The van der Waals surface area contributed by atoms with Gasteiger partial charge >= 0.3 is 0 Å². The van der Waals surface area contributed by atoms with Crippen LogP contribution in [0.4, 0.5) is 5.69 Å².